The molecule has 0 aromatic heterocycles. The zero-order valence-corrected chi connectivity index (χ0v) is 14.5. The number of ether oxygens (including phenoxy) is 1. The van der Waals surface area contributed by atoms with Gasteiger partial charge in [-0.3, -0.25) is 4.90 Å². The van der Waals surface area contributed by atoms with Gasteiger partial charge in [0.25, 0.3) is 0 Å². The lowest BCUT2D eigenvalue weighted by molar-refractivity contribution is -0.150. The molecule has 0 spiro atoms. The third kappa shape index (κ3) is 3.10. The Labute approximate surface area is 148 Å². The minimum atomic E-state index is -1.12. The molecule has 0 amide bonds. The molecule has 132 valence electrons. The van der Waals surface area contributed by atoms with Crippen molar-refractivity contribution in [3.8, 4) is 0 Å². The fraction of sp³-hybridized carbons (Fsp3) is 0.429. The summed E-state index contributed by atoms with van der Waals surface area (Å²) in [5.74, 6) is -0.307. The van der Waals surface area contributed by atoms with E-state index in [0.29, 0.717) is 31.6 Å². The first-order valence-electron chi connectivity index (χ1n) is 8.92. The van der Waals surface area contributed by atoms with E-state index in [-0.39, 0.29) is 17.9 Å². The predicted molar refractivity (Wildman–Crippen MR) is 94.6 cm³/mol. The Morgan fingerprint density at radius 1 is 1.08 bits per heavy atom. The summed E-state index contributed by atoms with van der Waals surface area (Å²) >= 11 is 0. The number of fused-ring (bicyclic) bond motifs is 2. The van der Waals surface area contributed by atoms with Gasteiger partial charge in [0.2, 0.25) is 0 Å². The number of hydrogen-bond acceptors (Lipinski definition) is 3. The van der Waals surface area contributed by atoms with E-state index in [1.807, 2.05) is 31.2 Å². The largest absolute Gasteiger partial charge is 0.385 e. The first-order valence-corrected chi connectivity index (χ1v) is 8.92. The van der Waals surface area contributed by atoms with Gasteiger partial charge in [-0.25, -0.2) is 4.39 Å². The summed E-state index contributed by atoms with van der Waals surface area (Å²) in [7, 11) is 0. The van der Waals surface area contributed by atoms with E-state index in [9.17, 15) is 9.50 Å². The van der Waals surface area contributed by atoms with E-state index >= 15 is 0 Å². The topological polar surface area (TPSA) is 32.7 Å². The molecule has 4 rings (SSSR count). The second-order valence-corrected chi connectivity index (χ2v) is 7.37. The highest BCUT2D eigenvalue weighted by Gasteiger charge is 2.48. The number of benzene rings is 2. The lowest BCUT2D eigenvalue weighted by Gasteiger charge is -2.52. The molecule has 2 aliphatic rings. The second-order valence-electron chi connectivity index (χ2n) is 7.37. The molecule has 3 nitrogen and oxygen atoms in total. The zero-order valence-electron chi connectivity index (χ0n) is 14.5. The van der Waals surface area contributed by atoms with Crippen LogP contribution >= 0.6 is 0 Å². The molecule has 2 fully saturated rings. The second kappa shape index (κ2) is 6.52. The van der Waals surface area contributed by atoms with Crippen molar-refractivity contribution in [1.29, 1.82) is 0 Å². The van der Waals surface area contributed by atoms with Crippen LogP contribution in [0.15, 0.2) is 48.5 Å². The highest BCUT2D eigenvalue weighted by molar-refractivity contribution is 5.34. The summed E-state index contributed by atoms with van der Waals surface area (Å²) in [5, 5.41) is 11.4. The van der Waals surface area contributed by atoms with Gasteiger partial charge >= 0.3 is 0 Å². The van der Waals surface area contributed by atoms with E-state index in [4.69, 9.17) is 4.74 Å². The lowest BCUT2D eigenvalue weighted by Crippen LogP contribution is -2.60. The lowest BCUT2D eigenvalue weighted by atomic mass is 9.75. The summed E-state index contributed by atoms with van der Waals surface area (Å²) in [6.07, 6.45) is 0.996. The first-order chi connectivity index (χ1) is 12.1. The van der Waals surface area contributed by atoms with Crippen LogP contribution in [0.25, 0.3) is 0 Å². The SMILES string of the molecule is Cc1cccc(F)c1C1(O)CC2COCC(C1)N2Cc1ccccc1. The maximum absolute atomic E-state index is 14.5. The molecule has 0 saturated carbocycles. The molecule has 0 aliphatic carbocycles. The van der Waals surface area contributed by atoms with Gasteiger partial charge in [-0.05, 0) is 37.0 Å². The molecule has 2 aromatic rings. The Morgan fingerprint density at radius 3 is 2.40 bits per heavy atom. The Kier molecular flexibility index (Phi) is 4.36. The van der Waals surface area contributed by atoms with Crippen molar-refractivity contribution < 1.29 is 14.2 Å². The number of aliphatic hydroxyl groups is 1. The molecule has 25 heavy (non-hydrogen) atoms. The molecule has 2 aliphatic heterocycles. The summed E-state index contributed by atoms with van der Waals surface area (Å²) in [6.45, 7) is 3.88. The number of piperidine rings is 1. The first kappa shape index (κ1) is 16.7. The van der Waals surface area contributed by atoms with Gasteiger partial charge in [0.1, 0.15) is 5.82 Å². The molecule has 0 radical (unpaired) electrons. The van der Waals surface area contributed by atoms with Crippen molar-refractivity contribution >= 4 is 0 Å². The highest BCUT2D eigenvalue weighted by atomic mass is 19.1. The van der Waals surface area contributed by atoms with Crippen LogP contribution in [0.4, 0.5) is 4.39 Å². The summed E-state index contributed by atoms with van der Waals surface area (Å²) in [4.78, 5) is 2.42. The van der Waals surface area contributed by atoms with E-state index in [0.717, 1.165) is 12.1 Å². The van der Waals surface area contributed by atoms with E-state index in [2.05, 4.69) is 17.0 Å². The Balaban J connectivity index is 1.63. The van der Waals surface area contributed by atoms with Gasteiger partial charge in [0.15, 0.2) is 0 Å². The van der Waals surface area contributed by atoms with Crippen molar-refractivity contribution in [1.82, 2.24) is 4.90 Å². The Morgan fingerprint density at radius 2 is 1.76 bits per heavy atom. The standard InChI is InChI=1S/C21H24FNO2/c1-15-6-5-9-19(22)20(15)21(24)10-17-13-25-14-18(11-21)23(17)12-16-7-3-2-4-8-16/h2-9,17-18,24H,10-14H2,1H3. The molecule has 2 saturated heterocycles. The molecule has 2 aromatic carbocycles. The molecular formula is C21H24FNO2. The van der Waals surface area contributed by atoms with Crippen LogP contribution < -0.4 is 0 Å². The minimum absolute atomic E-state index is 0.0942. The molecular weight excluding hydrogens is 317 g/mol. The average Bonchev–Trinajstić information content (AvgIpc) is 2.57. The highest BCUT2D eigenvalue weighted by Crippen LogP contribution is 2.43. The third-order valence-electron chi connectivity index (χ3n) is 5.60. The van der Waals surface area contributed by atoms with Crippen LogP contribution in [0.5, 0.6) is 0 Å². The van der Waals surface area contributed by atoms with Crippen molar-refractivity contribution in [2.24, 2.45) is 0 Å². The van der Waals surface area contributed by atoms with E-state index in [1.165, 1.54) is 11.6 Å². The number of aryl methyl sites for hydroxylation is 1. The maximum atomic E-state index is 14.5. The van der Waals surface area contributed by atoms with Crippen LogP contribution in [-0.4, -0.2) is 35.3 Å². The van der Waals surface area contributed by atoms with Crippen LogP contribution in [0, 0.1) is 12.7 Å². The quantitative estimate of drug-likeness (QED) is 0.929. The molecule has 2 heterocycles. The summed E-state index contributed by atoms with van der Waals surface area (Å²) < 4.78 is 20.2. The number of rotatable bonds is 3. The van der Waals surface area contributed by atoms with E-state index in [1.54, 1.807) is 6.07 Å². The van der Waals surface area contributed by atoms with Gasteiger partial charge in [0.05, 0.1) is 18.8 Å². The number of halogens is 1. The van der Waals surface area contributed by atoms with Crippen LogP contribution in [0.3, 0.4) is 0 Å². The fourth-order valence-electron chi connectivity index (χ4n) is 4.52. The van der Waals surface area contributed by atoms with Crippen LogP contribution in [0.1, 0.15) is 29.5 Å². The van der Waals surface area contributed by atoms with Gasteiger partial charge in [-0.2, -0.15) is 0 Å². The zero-order chi connectivity index (χ0) is 17.4. The van der Waals surface area contributed by atoms with Gasteiger partial charge < -0.3 is 9.84 Å². The van der Waals surface area contributed by atoms with Crippen molar-refractivity contribution in [3.05, 3.63) is 71.0 Å². The summed E-state index contributed by atoms with van der Waals surface area (Å²) in [6, 6.07) is 15.6. The fourth-order valence-corrected chi connectivity index (χ4v) is 4.52. The van der Waals surface area contributed by atoms with Crippen LogP contribution in [0.2, 0.25) is 0 Å². The number of hydrogen-bond donors (Lipinski definition) is 1. The van der Waals surface area contributed by atoms with Gasteiger partial charge in [-0.15, -0.1) is 0 Å². The summed E-state index contributed by atoms with van der Waals surface area (Å²) in [5.41, 5.74) is 1.41. The normalized spacial score (nSPS) is 29.6. The van der Waals surface area contributed by atoms with Crippen molar-refractivity contribution in [2.45, 2.75) is 44.0 Å². The number of nitrogens with zero attached hydrogens (tertiary/aromatic N) is 1. The van der Waals surface area contributed by atoms with E-state index < -0.39 is 5.60 Å². The van der Waals surface area contributed by atoms with Crippen molar-refractivity contribution in [2.75, 3.05) is 13.2 Å². The monoisotopic (exact) mass is 341 g/mol. The Hall–Kier alpha value is -1.75. The molecule has 2 unspecified atom stereocenters. The van der Waals surface area contributed by atoms with Crippen molar-refractivity contribution in [3.63, 3.8) is 0 Å². The Bertz CT molecular complexity index is 715. The molecule has 4 heteroatoms. The molecule has 1 N–H and O–H groups in total. The predicted octanol–water partition coefficient (Wildman–Crippen LogP) is 3.39. The average molecular weight is 341 g/mol. The smallest absolute Gasteiger partial charge is 0.129 e. The third-order valence-corrected chi connectivity index (χ3v) is 5.60. The number of morpholine rings is 1. The molecule has 2 atom stereocenters. The molecule has 2 bridgehead atoms. The van der Waals surface area contributed by atoms with Gasteiger partial charge in [0, 0.05) is 24.2 Å². The van der Waals surface area contributed by atoms with Crippen LogP contribution in [-0.2, 0) is 16.9 Å². The minimum Gasteiger partial charge on any atom is -0.385 e. The maximum Gasteiger partial charge on any atom is 0.129 e. The van der Waals surface area contributed by atoms with Gasteiger partial charge in [-0.1, -0.05) is 42.5 Å².